The summed E-state index contributed by atoms with van der Waals surface area (Å²) in [5.41, 5.74) is 2.03. The Hall–Kier alpha value is -1.94. The highest BCUT2D eigenvalue weighted by atomic mass is 16.5. The van der Waals surface area contributed by atoms with Crippen molar-refractivity contribution in [3.05, 3.63) is 47.9 Å². The molecule has 0 aliphatic rings. The van der Waals surface area contributed by atoms with Crippen LogP contribution in [0.15, 0.2) is 41.2 Å². The minimum Gasteiger partial charge on any atom is -0.496 e. The SMILES string of the molecule is CCNC(c1ccoc1)c1c(OC)cccc1OC. The van der Waals surface area contributed by atoms with Crippen LogP contribution < -0.4 is 14.8 Å². The maximum absolute atomic E-state index is 5.46. The van der Waals surface area contributed by atoms with E-state index in [4.69, 9.17) is 13.9 Å². The molecule has 0 saturated heterocycles. The first kappa shape index (κ1) is 13.5. The number of rotatable bonds is 6. The Morgan fingerprint density at radius 3 is 2.32 bits per heavy atom. The van der Waals surface area contributed by atoms with Crippen molar-refractivity contribution in [2.75, 3.05) is 20.8 Å². The van der Waals surface area contributed by atoms with E-state index in [-0.39, 0.29) is 6.04 Å². The second-order valence-corrected chi connectivity index (χ2v) is 4.12. The van der Waals surface area contributed by atoms with Crippen molar-refractivity contribution in [3.63, 3.8) is 0 Å². The molecule has 1 unspecified atom stereocenters. The Morgan fingerprint density at radius 2 is 1.84 bits per heavy atom. The number of hydrogen-bond donors (Lipinski definition) is 1. The second-order valence-electron chi connectivity index (χ2n) is 4.12. The van der Waals surface area contributed by atoms with E-state index in [0.29, 0.717) is 0 Å². The molecular weight excluding hydrogens is 242 g/mol. The molecule has 0 bridgehead atoms. The van der Waals surface area contributed by atoms with Gasteiger partial charge in [0.05, 0.1) is 38.4 Å². The molecule has 1 aromatic heterocycles. The summed E-state index contributed by atoms with van der Waals surface area (Å²) in [6.45, 7) is 2.89. The molecule has 0 aliphatic carbocycles. The van der Waals surface area contributed by atoms with Crippen LogP contribution in [0, 0.1) is 0 Å². The van der Waals surface area contributed by atoms with Crippen molar-refractivity contribution in [1.29, 1.82) is 0 Å². The van der Waals surface area contributed by atoms with Crippen LogP contribution in [0.5, 0.6) is 11.5 Å². The Balaban J connectivity index is 2.52. The molecule has 1 atom stereocenters. The highest BCUT2D eigenvalue weighted by molar-refractivity contribution is 5.50. The fraction of sp³-hybridized carbons (Fsp3) is 0.333. The van der Waals surface area contributed by atoms with Crippen molar-refractivity contribution >= 4 is 0 Å². The molecule has 2 rings (SSSR count). The lowest BCUT2D eigenvalue weighted by Crippen LogP contribution is -2.22. The summed E-state index contributed by atoms with van der Waals surface area (Å²) in [5, 5.41) is 3.43. The zero-order chi connectivity index (χ0) is 13.7. The van der Waals surface area contributed by atoms with E-state index in [1.165, 1.54) is 0 Å². The van der Waals surface area contributed by atoms with Crippen LogP contribution in [-0.4, -0.2) is 20.8 Å². The molecule has 0 aliphatic heterocycles. The first-order valence-corrected chi connectivity index (χ1v) is 6.28. The molecule has 4 nitrogen and oxygen atoms in total. The van der Waals surface area contributed by atoms with Gasteiger partial charge in [-0.1, -0.05) is 13.0 Å². The fourth-order valence-corrected chi connectivity index (χ4v) is 2.19. The van der Waals surface area contributed by atoms with Gasteiger partial charge >= 0.3 is 0 Å². The van der Waals surface area contributed by atoms with E-state index in [1.54, 1.807) is 26.7 Å². The Morgan fingerprint density at radius 1 is 1.16 bits per heavy atom. The molecule has 0 amide bonds. The summed E-state index contributed by atoms with van der Waals surface area (Å²) in [7, 11) is 3.33. The highest BCUT2D eigenvalue weighted by Crippen LogP contribution is 2.37. The van der Waals surface area contributed by atoms with E-state index >= 15 is 0 Å². The van der Waals surface area contributed by atoms with Gasteiger partial charge in [0.2, 0.25) is 0 Å². The van der Waals surface area contributed by atoms with Crippen LogP contribution in [0.4, 0.5) is 0 Å². The van der Waals surface area contributed by atoms with Gasteiger partial charge in [0.25, 0.3) is 0 Å². The van der Waals surface area contributed by atoms with Crippen LogP contribution in [0.1, 0.15) is 24.1 Å². The molecule has 1 N–H and O–H groups in total. The van der Waals surface area contributed by atoms with Gasteiger partial charge < -0.3 is 19.2 Å². The van der Waals surface area contributed by atoms with E-state index in [0.717, 1.165) is 29.2 Å². The number of ether oxygens (including phenoxy) is 2. The average molecular weight is 261 g/mol. The van der Waals surface area contributed by atoms with Crippen LogP contribution in [-0.2, 0) is 0 Å². The van der Waals surface area contributed by atoms with E-state index in [2.05, 4.69) is 12.2 Å². The first-order chi connectivity index (χ1) is 9.31. The third-order valence-corrected chi connectivity index (χ3v) is 3.04. The monoisotopic (exact) mass is 261 g/mol. The first-order valence-electron chi connectivity index (χ1n) is 6.28. The molecule has 2 aromatic rings. The minimum atomic E-state index is -0.0187. The molecule has 102 valence electrons. The van der Waals surface area contributed by atoms with Crippen LogP contribution in [0.25, 0.3) is 0 Å². The quantitative estimate of drug-likeness (QED) is 0.868. The van der Waals surface area contributed by atoms with Gasteiger partial charge in [-0.2, -0.15) is 0 Å². The standard InChI is InChI=1S/C15H19NO3/c1-4-16-15(11-8-9-19-10-11)14-12(17-2)6-5-7-13(14)18-3/h5-10,15-16H,4H2,1-3H3. The van der Waals surface area contributed by atoms with Crippen molar-refractivity contribution in [1.82, 2.24) is 5.32 Å². The Bertz CT molecular complexity index is 486. The number of furan rings is 1. The van der Waals surface area contributed by atoms with E-state index in [1.807, 2.05) is 24.3 Å². The molecular formula is C15H19NO3. The number of methoxy groups -OCH3 is 2. The summed E-state index contributed by atoms with van der Waals surface area (Å²) >= 11 is 0. The number of hydrogen-bond acceptors (Lipinski definition) is 4. The van der Waals surface area contributed by atoms with Gasteiger partial charge in [0.15, 0.2) is 0 Å². The Labute approximate surface area is 113 Å². The van der Waals surface area contributed by atoms with Gasteiger partial charge in [-0.05, 0) is 24.7 Å². The molecule has 1 heterocycles. The average Bonchev–Trinajstić information content (AvgIpc) is 2.98. The van der Waals surface area contributed by atoms with E-state index < -0.39 is 0 Å². The highest BCUT2D eigenvalue weighted by Gasteiger charge is 2.22. The van der Waals surface area contributed by atoms with Crippen molar-refractivity contribution in [2.24, 2.45) is 0 Å². The maximum Gasteiger partial charge on any atom is 0.127 e. The smallest absolute Gasteiger partial charge is 0.127 e. The molecule has 0 fully saturated rings. The van der Waals surface area contributed by atoms with Gasteiger partial charge in [-0.3, -0.25) is 0 Å². The summed E-state index contributed by atoms with van der Waals surface area (Å²) in [4.78, 5) is 0. The maximum atomic E-state index is 5.46. The van der Waals surface area contributed by atoms with Crippen molar-refractivity contribution < 1.29 is 13.9 Å². The molecule has 0 spiro atoms. The Kier molecular flexibility index (Phi) is 4.47. The van der Waals surface area contributed by atoms with Gasteiger partial charge in [0.1, 0.15) is 11.5 Å². The minimum absolute atomic E-state index is 0.0187. The predicted molar refractivity (Wildman–Crippen MR) is 73.8 cm³/mol. The molecule has 4 heteroatoms. The predicted octanol–water partition coefficient (Wildman–Crippen LogP) is 3.00. The molecule has 19 heavy (non-hydrogen) atoms. The number of nitrogens with one attached hydrogen (secondary N) is 1. The topological polar surface area (TPSA) is 43.6 Å². The zero-order valence-electron chi connectivity index (χ0n) is 11.5. The van der Waals surface area contributed by atoms with Crippen LogP contribution in [0.2, 0.25) is 0 Å². The second kappa shape index (κ2) is 6.29. The van der Waals surface area contributed by atoms with Gasteiger partial charge in [-0.15, -0.1) is 0 Å². The normalized spacial score (nSPS) is 12.2. The van der Waals surface area contributed by atoms with Gasteiger partial charge in [0, 0.05) is 5.56 Å². The molecule has 0 saturated carbocycles. The van der Waals surface area contributed by atoms with Crippen molar-refractivity contribution in [2.45, 2.75) is 13.0 Å². The zero-order valence-corrected chi connectivity index (χ0v) is 11.5. The summed E-state index contributed by atoms with van der Waals surface area (Å²) in [6.07, 6.45) is 3.40. The molecule has 1 aromatic carbocycles. The van der Waals surface area contributed by atoms with Gasteiger partial charge in [-0.25, -0.2) is 0 Å². The summed E-state index contributed by atoms with van der Waals surface area (Å²) in [5.74, 6) is 1.60. The lowest BCUT2D eigenvalue weighted by Gasteiger charge is -2.22. The lowest BCUT2D eigenvalue weighted by molar-refractivity contribution is 0.377. The number of benzene rings is 1. The van der Waals surface area contributed by atoms with E-state index in [9.17, 15) is 0 Å². The van der Waals surface area contributed by atoms with Crippen LogP contribution in [0.3, 0.4) is 0 Å². The largest absolute Gasteiger partial charge is 0.496 e. The van der Waals surface area contributed by atoms with Crippen LogP contribution >= 0.6 is 0 Å². The van der Waals surface area contributed by atoms with Crippen molar-refractivity contribution in [3.8, 4) is 11.5 Å². The fourth-order valence-electron chi connectivity index (χ4n) is 2.19. The third kappa shape index (κ3) is 2.74. The third-order valence-electron chi connectivity index (χ3n) is 3.04. The lowest BCUT2D eigenvalue weighted by atomic mass is 9.99. The summed E-state index contributed by atoms with van der Waals surface area (Å²) < 4.78 is 16.1. The summed E-state index contributed by atoms with van der Waals surface area (Å²) in [6, 6.07) is 7.71. The molecule has 0 radical (unpaired) electrons.